The van der Waals surface area contributed by atoms with Crippen molar-refractivity contribution >= 4 is 11.8 Å². The van der Waals surface area contributed by atoms with Gasteiger partial charge in [-0.3, -0.25) is 9.59 Å². The van der Waals surface area contributed by atoms with Crippen LogP contribution in [0.25, 0.3) is 5.69 Å². The van der Waals surface area contributed by atoms with Gasteiger partial charge in [0.15, 0.2) is 0 Å². The van der Waals surface area contributed by atoms with E-state index >= 15 is 0 Å². The Morgan fingerprint density at radius 3 is 2.20 bits per heavy atom. The summed E-state index contributed by atoms with van der Waals surface area (Å²) in [4.78, 5) is 27.7. The first-order valence-corrected chi connectivity index (χ1v) is 7.85. The molecule has 0 bridgehead atoms. The number of hydrogen-bond acceptors (Lipinski definition) is 3. The van der Waals surface area contributed by atoms with E-state index in [9.17, 15) is 9.59 Å². The summed E-state index contributed by atoms with van der Waals surface area (Å²) in [5.41, 5.74) is 3.05. The summed E-state index contributed by atoms with van der Waals surface area (Å²) in [6.45, 7) is 0.399. The fourth-order valence-corrected chi connectivity index (χ4v) is 2.40. The third-order valence-corrected chi connectivity index (χ3v) is 3.83. The average Bonchev–Trinajstić information content (AvgIpc) is 3.21. The molecule has 0 atom stereocenters. The molecule has 0 aliphatic carbocycles. The van der Waals surface area contributed by atoms with Gasteiger partial charge >= 0.3 is 0 Å². The van der Waals surface area contributed by atoms with E-state index in [0.29, 0.717) is 17.7 Å². The Hall–Kier alpha value is -3.41. The largest absolute Gasteiger partial charge is 0.355 e. The van der Waals surface area contributed by atoms with Gasteiger partial charge in [0.1, 0.15) is 0 Å². The van der Waals surface area contributed by atoms with Crippen LogP contribution in [0.2, 0.25) is 0 Å². The van der Waals surface area contributed by atoms with Crippen molar-refractivity contribution in [3.63, 3.8) is 0 Å². The van der Waals surface area contributed by atoms with Crippen molar-refractivity contribution in [2.24, 2.45) is 0 Å². The van der Waals surface area contributed by atoms with E-state index in [1.165, 1.54) is 0 Å². The molecule has 2 N–H and O–H groups in total. The van der Waals surface area contributed by atoms with Crippen LogP contribution in [0.15, 0.2) is 67.3 Å². The molecule has 0 fully saturated rings. The zero-order chi connectivity index (χ0) is 17.6. The predicted octanol–water partition coefficient (Wildman–Crippen LogP) is 2.16. The maximum atomic E-state index is 12.2. The van der Waals surface area contributed by atoms with Gasteiger partial charge in [-0.15, -0.1) is 0 Å². The summed E-state index contributed by atoms with van der Waals surface area (Å²) in [6.07, 6.45) is 5.26. The Morgan fingerprint density at radius 1 is 0.960 bits per heavy atom. The maximum Gasteiger partial charge on any atom is 0.251 e. The Balaban J connectivity index is 1.60. The smallest absolute Gasteiger partial charge is 0.251 e. The zero-order valence-electron chi connectivity index (χ0n) is 13.8. The molecule has 0 saturated carbocycles. The number of hydrogen-bond donors (Lipinski definition) is 2. The summed E-state index contributed by atoms with van der Waals surface area (Å²) in [5, 5.41) is 5.45. The van der Waals surface area contributed by atoms with Crippen LogP contribution in [0.5, 0.6) is 0 Å². The highest BCUT2D eigenvalue weighted by atomic mass is 16.2. The second-order valence-corrected chi connectivity index (χ2v) is 5.48. The lowest BCUT2D eigenvalue weighted by molar-refractivity contribution is 0.0946. The first kappa shape index (κ1) is 16.4. The van der Waals surface area contributed by atoms with E-state index in [4.69, 9.17) is 0 Å². The molecule has 2 aromatic carbocycles. The van der Waals surface area contributed by atoms with Gasteiger partial charge in [0, 0.05) is 42.8 Å². The molecule has 3 aromatic rings. The van der Waals surface area contributed by atoms with E-state index in [-0.39, 0.29) is 11.8 Å². The predicted molar refractivity (Wildman–Crippen MR) is 94.6 cm³/mol. The average molecular weight is 334 g/mol. The molecular weight excluding hydrogens is 316 g/mol. The van der Waals surface area contributed by atoms with Gasteiger partial charge in [-0.2, -0.15) is 0 Å². The highest BCUT2D eigenvalue weighted by Crippen LogP contribution is 2.10. The number of nitrogens with one attached hydrogen (secondary N) is 2. The Kier molecular flexibility index (Phi) is 4.89. The molecule has 0 aliphatic heterocycles. The molecule has 1 aromatic heterocycles. The van der Waals surface area contributed by atoms with E-state index in [1.54, 1.807) is 43.8 Å². The van der Waals surface area contributed by atoms with Crippen molar-refractivity contribution in [1.82, 2.24) is 20.2 Å². The topological polar surface area (TPSA) is 76.0 Å². The maximum absolute atomic E-state index is 12.2. The number of carbonyl (C=O) groups is 2. The van der Waals surface area contributed by atoms with Crippen LogP contribution >= 0.6 is 0 Å². The molecule has 126 valence electrons. The number of aromatic nitrogens is 2. The van der Waals surface area contributed by atoms with Gasteiger partial charge in [0.05, 0.1) is 6.33 Å². The van der Waals surface area contributed by atoms with Crippen LogP contribution in [0.1, 0.15) is 26.3 Å². The van der Waals surface area contributed by atoms with E-state index in [2.05, 4.69) is 15.6 Å². The fraction of sp³-hybridized carbons (Fsp3) is 0.105. The van der Waals surface area contributed by atoms with Gasteiger partial charge < -0.3 is 15.2 Å². The lowest BCUT2D eigenvalue weighted by Crippen LogP contribution is -2.23. The molecule has 25 heavy (non-hydrogen) atoms. The molecule has 1 heterocycles. The molecular formula is C19H18N4O2. The van der Waals surface area contributed by atoms with Gasteiger partial charge in [0.2, 0.25) is 0 Å². The Bertz CT molecular complexity index is 853. The van der Waals surface area contributed by atoms with Crippen molar-refractivity contribution in [3.05, 3.63) is 83.9 Å². The van der Waals surface area contributed by atoms with Crippen LogP contribution < -0.4 is 10.6 Å². The van der Waals surface area contributed by atoms with Crippen molar-refractivity contribution < 1.29 is 9.59 Å². The second-order valence-electron chi connectivity index (χ2n) is 5.48. The van der Waals surface area contributed by atoms with Crippen molar-refractivity contribution in [2.45, 2.75) is 6.54 Å². The molecule has 6 heteroatoms. The quantitative estimate of drug-likeness (QED) is 0.751. The molecule has 2 amide bonds. The number of carbonyl (C=O) groups excluding carboxylic acids is 2. The fourth-order valence-electron chi connectivity index (χ4n) is 2.40. The number of rotatable bonds is 5. The SMILES string of the molecule is CNC(=O)c1ccc(CNC(=O)c2ccc(-n3ccnc3)cc2)cc1. The second kappa shape index (κ2) is 7.44. The highest BCUT2D eigenvalue weighted by molar-refractivity contribution is 5.95. The monoisotopic (exact) mass is 334 g/mol. The summed E-state index contributed by atoms with van der Waals surface area (Å²) in [6, 6.07) is 14.4. The van der Waals surface area contributed by atoms with Gasteiger partial charge in [-0.1, -0.05) is 12.1 Å². The first-order valence-electron chi connectivity index (χ1n) is 7.85. The van der Waals surface area contributed by atoms with E-state index in [0.717, 1.165) is 11.3 Å². The van der Waals surface area contributed by atoms with Crippen LogP contribution in [-0.4, -0.2) is 28.4 Å². The Labute approximate surface area is 145 Å². The van der Waals surface area contributed by atoms with Gasteiger partial charge in [-0.25, -0.2) is 4.98 Å². The van der Waals surface area contributed by atoms with Crippen molar-refractivity contribution in [2.75, 3.05) is 7.05 Å². The lowest BCUT2D eigenvalue weighted by atomic mass is 10.1. The molecule has 0 radical (unpaired) electrons. The first-order chi connectivity index (χ1) is 12.2. The number of benzene rings is 2. The minimum absolute atomic E-state index is 0.131. The standard InChI is InChI=1S/C19H18N4O2/c1-20-18(24)15-4-2-14(3-5-15)12-22-19(25)16-6-8-17(9-7-16)23-11-10-21-13-23/h2-11,13H,12H2,1H3,(H,20,24)(H,22,25). The minimum atomic E-state index is -0.146. The molecule has 0 unspecified atom stereocenters. The molecule has 6 nitrogen and oxygen atoms in total. The molecule has 0 saturated heterocycles. The normalized spacial score (nSPS) is 10.3. The summed E-state index contributed by atoms with van der Waals surface area (Å²) < 4.78 is 1.87. The van der Waals surface area contributed by atoms with Crippen LogP contribution in [0.4, 0.5) is 0 Å². The van der Waals surface area contributed by atoms with Crippen LogP contribution in [0, 0.1) is 0 Å². The van der Waals surface area contributed by atoms with E-state index < -0.39 is 0 Å². The number of amides is 2. The van der Waals surface area contributed by atoms with E-state index in [1.807, 2.05) is 35.0 Å². The molecule has 0 spiro atoms. The van der Waals surface area contributed by atoms with Crippen LogP contribution in [0.3, 0.4) is 0 Å². The van der Waals surface area contributed by atoms with Crippen molar-refractivity contribution in [3.8, 4) is 5.69 Å². The molecule has 0 aliphatic rings. The third-order valence-electron chi connectivity index (χ3n) is 3.83. The summed E-state index contributed by atoms with van der Waals surface area (Å²) in [7, 11) is 1.59. The molecule has 3 rings (SSSR count). The number of nitrogens with zero attached hydrogens (tertiary/aromatic N) is 2. The summed E-state index contributed by atoms with van der Waals surface area (Å²) >= 11 is 0. The summed E-state index contributed by atoms with van der Waals surface area (Å²) in [5.74, 6) is -0.277. The Morgan fingerprint density at radius 2 is 1.60 bits per heavy atom. The van der Waals surface area contributed by atoms with Crippen LogP contribution in [-0.2, 0) is 6.54 Å². The minimum Gasteiger partial charge on any atom is -0.355 e. The zero-order valence-corrected chi connectivity index (χ0v) is 13.8. The third kappa shape index (κ3) is 3.92. The lowest BCUT2D eigenvalue weighted by Gasteiger charge is -2.07. The van der Waals surface area contributed by atoms with Gasteiger partial charge in [-0.05, 0) is 42.0 Å². The van der Waals surface area contributed by atoms with Gasteiger partial charge in [0.25, 0.3) is 11.8 Å². The highest BCUT2D eigenvalue weighted by Gasteiger charge is 2.07. The van der Waals surface area contributed by atoms with Crippen molar-refractivity contribution in [1.29, 1.82) is 0 Å². The number of imidazole rings is 1.